The summed E-state index contributed by atoms with van der Waals surface area (Å²) in [6.07, 6.45) is -0.0296. The molecule has 1 saturated carbocycles. The molecule has 0 bridgehead atoms. The molecule has 1 N–H and O–H groups in total. The standard InChI is InChI=1S/C9H13NO5/c1-5-2-8(11)6(3-9(12)13)7(5)4-10(14)15/h5-7H,2-4H2,1H3,(H,12,13)/t5-,6-,7+/m0/s1. The summed E-state index contributed by atoms with van der Waals surface area (Å²) in [5.74, 6) is -2.42. The Kier molecular flexibility index (Phi) is 3.39. The van der Waals surface area contributed by atoms with E-state index in [0.717, 1.165) is 0 Å². The third kappa shape index (κ3) is 2.74. The minimum atomic E-state index is -1.07. The monoisotopic (exact) mass is 215 g/mol. The zero-order valence-electron chi connectivity index (χ0n) is 8.38. The van der Waals surface area contributed by atoms with Crippen LogP contribution in [0.1, 0.15) is 19.8 Å². The first-order chi connectivity index (χ1) is 6.91. The fraction of sp³-hybridized carbons (Fsp3) is 0.778. The van der Waals surface area contributed by atoms with Crippen LogP contribution in [0.25, 0.3) is 0 Å². The molecule has 1 aliphatic rings. The highest BCUT2D eigenvalue weighted by Gasteiger charge is 2.43. The number of carbonyl (C=O) groups excluding carboxylic acids is 1. The van der Waals surface area contributed by atoms with Crippen molar-refractivity contribution in [2.75, 3.05) is 6.54 Å². The maximum Gasteiger partial charge on any atom is 0.304 e. The molecule has 0 aromatic heterocycles. The summed E-state index contributed by atoms with van der Waals surface area (Å²) in [6.45, 7) is 1.44. The zero-order chi connectivity index (χ0) is 11.6. The number of aliphatic carboxylic acids is 1. The normalized spacial score (nSPS) is 30.5. The molecule has 0 aliphatic heterocycles. The molecule has 3 atom stereocenters. The van der Waals surface area contributed by atoms with Gasteiger partial charge in [-0.15, -0.1) is 0 Å². The van der Waals surface area contributed by atoms with E-state index in [1.807, 2.05) is 0 Å². The van der Waals surface area contributed by atoms with Crippen molar-refractivity contribution in [1.82, 2.24) is 0 Å². The van der Waals surface area contributed by atoms with E-state index in [9.17, 15) is 19.7 Å². The molecular formula is C9H13NO5. The number of nitrogens with zero attached hydrogens (tertiary/aromatic N) is 1. The SMILES string of the molecule is C[C@H]1CC(=O)[C@@H](CC(=O)O)[C@@H]1C[N+](=O)[O-]. The summed E-state index contributed by atoms with van der Waals surface area (Å²) in [4.78, 5) is 31.9. The second-order valence-corrected chi connectivity index (χ2v) is 4.03. The van der Waals surface area contributed by atoms with E-state index in [4.69, 9.17) is 5.11 Å². The van der Waals surface area contributed by atoms with Crippen LogP contribution in [0.15, 0.2) is 0 Å². The molecule has 0 aromatic rings. The summed E-state index contributed by atoms with van der Waals surface area (Å²) in [5, 5.41) is 19.0. The lowest BCUT2D eigenvalue weighted by molar-refractivity contribution is -0.490. The van der Waals surface area contributed by atoms with Gasteiger partial charge in [-0.25, -0.2) is 0 Å². The topological polar surface area (TPSA) is 97.5 Å². The van der Waals surface area contributed by atoms with Crippen molar-refractivity contribution in [3.63, 3.8) is 0 Å². The van der Waals surface area contributed by atoms with Crippen molar-refractivity contribution in [3.8, 4) is 0 Å². The van der Waals surface area contributed by atoms with Crippen LogP contribution in [-0.2, 0) is 9.59 Å². The number of ketones is 1. The highest BCUT2D eigenvalue weighted by atomic mass is 16.6. The molecule has 0 amide bonds. The maximum atomic E-state index is 11.4. The Hall–Kier alpha value is -1.46. The number of carbonyl (C=O) groups is 2. The first-order valence-electron chi connectivity index (χ1n) is 4.78. The van der Waals surface area contributed by atoms with Gasteiger partial charge < -0.3 is 5.11 Å². The van der Waals surface area contributed by atoms with Gasteiger partial charge in [0.2, 0.25) is 6.54 Å². The second-order valence-electron chi connectivity index (χ2n) is 4.03. The first-order valence-corrected chi connectivity index (χ1v) is 4.78. The number of carboxylic acids is 1. The molecule has 1 rings (SSSR count). The van der Waals surface area contributed by atoms with Crippen LogP contribution in [0.4, 0.5) is 0 Å². The molecule has 6 heteroatoms. The lowest BCUT2D eigenvalue weighted by Gasteiger charge is -2.15. The van der Waals surface area contributed by atoms with Crippen LogP contribution < -0.4 is 0 Å². The molecule has 1 aliphatic carbocycles. The first kappa shape index (κ1) is 11.6. The quantitative estimate of drug-likeness (QED) is 0.546. The highest BCUT2D eigenvalue weighted by molar-refractivity contribution is 5.87. The summed E-state index contributed by atoms with van der Waals surface area (Å²) in [5.41, 5.74) is 0. The molecule has 15 heavy (non-hydrogen) atoms. The van der Waals surface area contributed by atoms with E-state index < -0.39 is 22.7 Å². The minimum Gasteiger partial charge on any atom is -0.481 e. The molecule has 0 radical (unpaired) electrons. The van der Waals surface area contributed by atoms with Crippen LogP contribution in [-0.4, -0.2) is 28.3 Å². The van der Waals surface area contributed by atoms with Gasteiger partial charge in [0.05, 0.1) is 6.42 Å². The highest BCUT2D eigenvalue weighted by Crippen LogP contribution is 2.36. The summed E-state index contributed by atoms with van der Waals surface area (Å²) >= 11 is 0. The number of nitro groups is 1. The Morgan fingerprint density at radius 3 is 2.73 bits per heavy atom. The van der Waals surface area contributed by atoms with Crippen molar-refractivity contribution >= 4 is 11.8 Å². The lowest BCUT2D eigenvalue weighted by atomic mass is 9.88. The number of hydrogen-bond donors (Lipinski definition) is 1. The number of carboxylic acid groups (broad SMARTS) is 1. The number of rotatable bonds is 4. The zero-order valence-corrected chi connectivity index (χ0v) is 8.38. The van der Waals surface area contributed by atoms with Crippen molar-refractivity contribution < 1.29 is 19.6 Å². The predicted molar refractivity (Wildman–Crippen MR) is 49.9 cm³/mol. The average Bonchev–Trinajstić information content (AvgIpc) is 2.30. The van der Waals surface area contributed by atoms with Crippen molar-refractivity contribution in [2.24, 2.45) is 17.8 Å². The van der Waals surface area contributed by atoms with E-state index >= 15 is 0 Å². The van der Waals surface area contributed by atoms with E-state index in [1.165, 1.54) is 0 Å². The Bertz CT molecular complexity index is 301. The second kappa shape index (κ2) is 4.37. The summed E-state index contributed by atoms with van der Waals surface area (Å²) in [6, 6.07) is 0. The third-order valence-corrected chi connectivity index (χ3v) is 2.94. The Morgan fingerprint density at radius 2 is 2.27 bits per heavy atom. The van der Waals surface area contributed by atoms with Gasteiger partial charge in [-0.1, -0.05) is 6.92 Å². The van der Waals surface area contributed by atoms with E-state index in [1.54, 1.807) is 6.92 Å². The molecular weight excluding hydrogens is 202 g/mol. The molecule has 0 heterocycles. The molecule has 0 spiro atoms. The van der Waals surface area contributed by atoms with Gasteiger partial charge in [-0.3, -0.25) is 19.7 Å². The van der Waals surface area contributed by atoms with Gasteiger partial charge in [-0.05, 0) is 5.92 Å². The molecule has 84 valence electrons. The third-order valence-electron chi connectivity index (χ3n) is 2.94. The van der Waals surface area contributed by atoms with Gasteiger partial charge in [-0.2, -0.15) is 0 Å². The Balaban J connectivity index is 2.75. The summed E-state index contributed by atoms with van der Waals surface area (Å²) in [7, 11) is 0. The largest absolute Gasteiger partial charge is 0.481 e. The van der Waals surface area contributed by atoms with Crippen LogP contribution >= 0.6 is 0 Å². The summed E-state index contributed by atoms with van der Waals surface area (Å²) < 4.78 is 0. The van der Waals surface area contributed by atoms with Crippen molar-refractivity contribution in [1.29, 1.82) is 0 Å². The Morgan fingerprint density at radius 1 is 1.67 bits per heavy atom. The van der Waals surface area contributed by atoms with Crippen molar-refractivity contribution in [2.45, 2.75) is 19.8 Å². The van der Waals surface area contributed by atoms with Crippen LogP contribution in [0.2, 0.25) is 0 Å². The van der Waals surface area contributed by atoms with Gasteiger partial charge in [0, 0.05) is 23.2 Å². The van der Waals surface area contributed by atoms with E-state index in [2.05, 4.69) is 0 Å². The fourth-order valence-electron chi connectivity index (χ4n) is 2.19. The molecule has 0 saturated heterocycles. The fourth-order valence-corrected chi connectivity index (χ4v) is 2.19. The van der Waals surface area contributed by atoms with Gasteiger partial charge in [0.25, 0.3) is 0 Å². The van der Waals surface area contributed by atoms with Crippen LogP contribution in [0.5, 0.6) is 0 Å². The number of Topliss-reactive ketones (excluding diaryl/α,β-unsaturated/α-hetero) is 1. The smallest absolute Gasteiger partial charge is 0.304 e. The minimum absolute atomic E-state index is 0.0905. The molecule has 1 fully saturated rings. The molecule has 6 nitrogen and oxygen atoms in total. The average molecular weight is 215 g/mol. The molecule has 0 unspecified atom stereocenters. The predicted octanol–water partition coefficient (Wildman–Crippen LogP) is 0.579. The van der Waals surface area contributed by atoms with Crippen LogP contribution in [0.3, 0.4) is 0 Å². The lowest BCUT2D eigenvalue weighted by Crippen LogP contribution is -2.26. The molecule has 0 aromatic carbocycles. The van der Waals surface area contributed by atoms with E-state index in [-0.39, 0.29) is 31.1 Å². The maximum absolute atomic E-state index is 11.4. The van der Waals surface area contributed by atoms with Crippen LogP contribution in [0, 0.1) is 27.9 Å². The number of hydrogen-bond acceptors (Lipinski definition) is 4. The van der Waals surface area contributed by atoms with E-state index in [0.29, 0.717) is 0 Å². The van der Waals surface area contributed by atoms with Gasteiger partial charge in [0.15, 0.2) is 0 Å². The van der Waals surface area contributed by atoms with Crippen molar-refractivity contribution in [3.05, 3.63) is 10.1 Å². The van der Waals surface area contributed by atoms with Gasteiger partial charge >= 0.3 is 5.97 Å². The Labute approximate surface area is 86.4 Å². The van der Waals surface area contributed by atoms with Gasteiger partial charge in [0.1, 0.15) is 5.78 Å².